The zero-order chi connectivity index (χ0) is 22.3. The Morgan fingerprint density at radius 2 is 1.88 bits per heavy atom. The van der Waals surface area contributed by atoms with Gasteiger partial charge in [-0.2, -0.15) is 16.6 Å². The average molecular weight is 445 g/mol. The van der Waals surface area contributed by atoms with E-state index in [-0.39, 0.29) is 12.1 Å². The van der Waals surface area contributed by atoms with Crippen LogP contribution in [0.2, 0.25) is 0 Å². The number of hydrogen-bond donors (Lipinski definition) is 2. The highest BCUT2D eigenvalue weighted by Gasteiger charge is 2.33. The molecular formula is C24H24N6OS. The molecule has 2 amide bonds. The molecule has 162 valence electrons. The number of anilines is 2. The largest absolute Gasteiger partial charge is 0.338 e. The van der Waals surface area contributed by atoms with Crippen LogP contribution < -0.4 is 10.6 Å². The summed E-state index contributed by atoms with van der Waals surface area (Å²) in [5.74, 6) is 0.487. The Balaban J connectivity index is 1.58. The molecule has 1 atom stereocenters. The quantitative estimate of drug-likeness (QED) is 0.342. The van der Waals surface area contributed by atoms with Gasteiger partial charge in [0.1, 0.15) is 0 Å². The molecule has 1 aromatic heterocycles. The Bertz CT molecular complexity index is 1120. The zero-order valence-corrected chi connectivity index (χ0v) is 18.5. The molecule has 1 aliphatic rings. The molecule has 1 fully saturated rings. The van der Waals surface area contributed by atoms with Gasteiger partial charge in [-0.05, 0) is 35.6 Å². The number of hydrogen-bond acceptors (Lipinski definition) is 4. The summed E-state index contributed by atoms with van der Waals surface area (Å²) in [6, 6.07) is 19.4. The second kappa shape index (κ2) is 9.98. The van der Waals surface area contributed by atoms with E-state index in [0.29, 0.717) is 25.6 Å². The summed E-state index contributed by atoms with van der Waals surface area (Å²) in [5.41, 5.74) is 3.79. The number of nitriles is 1. The van der Waals surface area contributed by atoms with E-state index in [4.69, 9.17) is 0 Å². The van der Waals surface area contributed by atoms with Crippen LogP contribution in [-0.4, -0.2) is 41.4 Å². The van der Waals surface area contributed by atoms with Gasteiger partial charge in [0.2, 0.25) is 12.2 Å². The van der Waals surface area contributed by atoms with Crippen molar-refractivity contribution in [3.8, 4) is 6.19 Å². The number of urea groups is 1. The maximum atomic E-state index is 13.1. The van der Waals surface area contributed by atoms with Crippen LogP contribution in [0, 0.1) is 18.4 Å². The fourth-order valence-corrected chi connectivity index (χ4v) is 4.36. The number of carbonyl (C=O) groups excluding carboxylic acids is 1. The van der Waals surface area contributed by atoms with Gasteiger partial charge in [0.15, 0.2) is 0 Å². The summed E-state index contributed by atoms with van der Waals surface area (Å²) in [5, 5.41) is 19.4. The van der Waals surface area contributed by atoms with Crippen molar-refractivity contribution in [2.75, 3.05) is 30.3 Å². The van der Waals surface area contributed by atoms with Gasteiger partial charge in [0.05, 0.1) is 11.7 Å². The first-order chi connectivity index (χ1) is 15.7. The van der Waals surface area contributed by atoms with Crippen LogP contribution in [-0.2, 0) is 0 Å². The van der Waals surface area contributed by atoms with Crippen molar-refractivity contribution in [3.63, 3.8) is 0 Å². The molecule has 3 aromatic rings. The van der Waals surface area contributed by atoms with Gasteiger partial charge in [-0.3, -0.25) is 0 Å². The van der Waals surface area contributed by atoms with E-state index in [1.165, 1.54) is 0 Å². The smallest absolute Gasteiger partial charge is 0.322 e. The molecule has 2 aromatic carbocycles. The Labute approximate surface area is 191 Å². The number of amides is 2. The van der Waals surface area contributed by atoms with E-state index in [9.17, 15) is 10.1 Å². The molecule has 7 nitrogen and oxygen atoms in total. The van der Waals surface area contributed by atoms with Crippen molar-refractivity contribution < 1.29 is 4.79 Å². The number of para-hydroxylation sites is 1. The molecule has 1 aliphatic heterocycles. The van der Waals surface area contributed by atoms with E-state index < -0.39 is 0 Å². The number of aryl methyl sites for hydroxylation is 1. The van der Waals surface area contributed by atoms with Crippen LogP contribution in [0.25, 0.3) is 0 Å². The van der Waals surface area contributed by atoms with E-state index in [1.807, 2.05) is 94.3 Å². The van der Waals surface area contributed by atoms with Gasteiger partial charge >= 0.3 is 6.03 Å². The van der Waals surface area contributed by atoms with Crippen LogP contribution in [0.1, 0.15) is 17.2 Å². The van der Waals surface area contributed by atoms with Gasteiger partial charge in [0.25, 0.3) is 0 Å². The van der Waals surface area contributed by atoms with E-state index in [0.717, 1.165) is 22.5 Å². The highest BCUT2D eigenvalue weighted by molar-refractivity contribution is 7.08. The summed E-state index contributed by atoms with van der Waals surface area (Å²) in [4.78, 5) is 21.0. The Hall–Kier alpha value is -3.83. The summed E-state index contributed by atoms with van der Waals surface area (Å²) in [6.45, 7) is 3.57. The third-order valence-corrected chi connectivity index (χ3v) is 6.13. The molecule has 0 radical (unpaired) electrons. The monoisotopic (exact) mass is 444 g/mol. The minimum absolute atomic E-state index is 0.137. The number of guanidine groups is 1. The third-order valence-electron chi connectivity index (χ3n) is 5.44. The lowest BCUT2D eigenvalue weighted by Gasteiger charge is -2.42. The molecule has 8 heteroatoms. The first-order valence-corrected chi connectivity index (χ1v) is 11.3. The van der Waals surface area contributed by atoms with Gasteiger partial charge in [0, 0.05) is 30.7 Å². The van der Waals surface area contributed by atoms with Gasteiger partial charge in [-0.1, -0.05) is 48.5 Å². The summed E-state index contributed by atoms with van der Waals surface area (Å²) in [7, 11) is 0. The summed E-state index contributed by atoms with van der Waals surface area (Å²) >= 11 is 1.54. The molecule has 0 bridgehead atoms. The lowest BCUT2D eigenvalue weighted by atomic mass is 10.0. The second-order valence-electron chi connectivity index (χ2n) is 7.48. The molecular weight excluding hydrogens is 420 g/mol. The average Bonchev–Trinajstić information content (AvgIpc) is 3.33. The third kappa shape index (κ3) is 4.90. The fourth-order valence-electron chi connectivity index (χ4n) is 3.77. The van der Waals surface area contributed by atoms with Crippen molar-refractivity contribution in [1.29, 1.82) is 5.26 Å². The van der Waals surface area contributed by atoms with Crippen LogP contribution in [0.4, 0.5) is 16.2 Å². The minimum atomic E-state index is -0.189. The van der Waals surface area contributed by atoms with Crippen molar-refractivity contribution >= 4 is 34.7 Å². The zero-order valence-electron chi connectivity index (χ0n) is 17.7. The van der Waals surface area contributed by atoms with E-state index in [1.54, 1.807) is 11.3 Å². The lowest BCUT2D eigenvalue weighted by molar-refractivity contribution is 0.136. The molecule has 4 rings (SSSR count). The first-order valence-electron chi connectivity index (χ1n) is 10.3. The number of aliphatic imine (C=N–C) groups is 1. The predicted molar refractivity (Wildman–Crippen MR) is 129 cm³/mol. The molecule has 0 spiro atoms. The van der Waals surface area contributed by atoms with Crippen molar-refractivity contribution in [2.45, 2.75) is 13.0 Å². The van der Waals surface area contributed by atoms with E-state index in [2.05, 4.69) is 15.6 Å². The topological polar surface area (TPSA) is 83.8 Å². The van der Waals surface area contributed by atoms with Crippen molar-refractivity contribution in [3.05, 3.63) is 82.6 Å². The number of benzene rings is 2. The maximum Gasteiger partial charge on any atom is 0.322 e. The summed E-state index contributed by atoms with van der Waals surface area (Å²) in [6.07, 6.45) is 1.92. The second-order valence-corrected chi connectivity index (χ2v) is 8.26. The molecule has 2 N–H and O–H groups in total. The molecule has 2 heterocycles. The number of thiophene rings is 1. The standard InChI is InChI=1S/C24H24N6OS/c1-18-7-5-6-10-21(18)28-23(26-17-25)29-12-13-30(24(31)27-20-11-14-32-16-20)22(15-29)19-8-3-2-4-9-19/h2-11,14,16,22H,12-13,15H2,1H3,(H,26,28)(H,27,31). The van der Waals surface area contributed by atoms with Gasteiger partial charge in [-0.25, -0.2) is 4.79 Å². The SMILES string of the molecule is Cc1ccccc1N/C(=N/C#N)N1CCN(C(=O)Nc2ccsc2)C(c2ccccc2)C1. The van der Waals surface area contributed by atoms with Crippen LogP contribution >= 0.6 is 11.3 Å². The first kappa shape index (κ1) is 21.4. The Morgan fingerprint density at radius 3 is 2.59 bits per heavy atom. The highest BCUT2D eigenvalue weighted by atomic mass is 32.1. The van der Waals surface area contributed by atoms with Crippen molar-refractivity contribution in [1.82, 2.24) is 9.80 Å². The number of carbonyl (C=O) groups is 1. The summed E-state index contributed by atoms with van der Waals surface area (Å²) < 4.78 is 0. The molecule has 1 unspecified atom stereocenters. The van der Waals surface area contributed by atoms with Crippen LogP contribution in [0.5, 0.6) is 0 Å². The number of piperazine rings is 1. The Kier molecular flexibility index (Phi) is 6.68. The minimum Gasteiger partial charge on any atom is -0.338 e. The lowest BCUT2D eigenvalue weighted by Crippen LogP contribution is -2.54. The maximum absolute atomic E-state index is 13.1. The Morgan fingerprint density at radius 1 is 1.09 bits per heavy atom. The number of nitrogens with zero attached hydrogens (tertiary/aromatic N) is 4. The molecule has 1 saturated heterocycles. The van der Waals surface area contributed by atoms with Crippen molar-refractivity contribution in [2.24, 2.45) is 4.99 Å². The molecule has 0 aliphatic carbocycles. The fraction of sp³-hybridized carbons (Fsp3) is 0.208. The van der Waals surface area contributed by atoms with Crippen LogP contribution in [0.15, 0.2) is 76.4 Å². The van der Waals surface area contributed by atoms with E-state index >= 15 is 0 Å². The van der Waals surface area contributed by atoms with Gasteiger partial charge in [-0.15, -0.1) is 4.99 Å². The van der Waals surface area contributed by atoms with Gasteiger partial charge < -0.3 is 20.4 Å². The van der Waals surface area contributed by atoms with Crippen LogP contribution in [0.3, 0.4) is 0 Å². The molecule has 32 heavy (non-hydrogen) atoms. The highest BCUT2D eigenvalue weighted by Crippen LogP contribution is 2.27. The number of nitrogens with one attached hydrogen (secondary N) is 2. The molecule has 0 saturated carbocycles. The predicted octanol–water partition coefficient (Wildman–Crippen LogP) is 4.90. The normalized spacial score (nSPS) is 16.4. The number of rotatable bonds is 3.